The maximum Gasteiger partial charge on any atom is 0.239 e. The van der Waals surface area contributed by atoms with Gasteiger partial charge < -0.3 is 5.73 Å². The summed E-state index contributed by atoms with van der Waals surface area (Å²) >= 11 is 0. The molecule has 0 aromatic heterocycles. The number of hydrogen-bond acceptors (Lipinski definition) is 2. The lowest BCUT2D eigenvalue weighted by molar-refractivity contribution is -0.123. The molecule has 0 bridgehead atoms. The molecule has 2 aromatic carbocycles. The summed E-state index contributed by atoms with van der Waals surface area (Å²) in [7, 11) is 0. The Morgan fingerprint density at radius 3 is 2.43 bits per heavy atom. The van der Waals surface area contributed by atoms with E-state index >= 15 is 0 Å². The van der Waals surface area contributed by atoms with Crippen LogP contribution in [0.15, 0.2) is 48.5 Å². The zero-order valence-corrected chi connectivity index (χ0v) is 11.6. The second kappa shape index (κ2) is 5.66. The van der Waals surface area contributed by atoms with E-state index in [4.69, 9.17) is 5.73 Å². The van der Waals surface area contributed by atoms with Crippen LogP contribution in [0, 0.1) is 5.82 Å². The van der Waals surface area contributed by atoms with Crippen LogP contribution in [0.1, 0.15) is 22.7 Å². The van der Waals surface area contributed by atoms with Gasteiger partial charge in [0.05, 0.1) is 0 Å². The largest absolute Gasteiger partial charge is 0.368 e. The molecule has 0 radical (unpaired) electrons. The third-order valence-corrected chi connectivity index (χ3v) is 3.98. The van der Waals surface area contributed by atoms with Crippen molar-refractivity contribution in [2.75, 3.05) is 6.54 Å². The summed E-state index contributed by atoms with van der Waals surface area (Å²) in [6.45, 7) is 1.45. The van der Waals surface area contributed by atoms with E-state index in [0.29, 0.717) is 6.54 Å². The van der Waals surface area contributed by atoms with Crippen LogP contribution in [0.4, 0.5) is 4.39 Å². The minimum atomic E-state index is -0.515. The van der Waals surface area contributed by atoms with Crippen molar-refractivity contribution >= 4 is 5.91 Å². The standard InChI is InChI=1S/C17H17FN2O/c18-15-7-5-13(6-8-15)16(17(19)21)20-10-9-12-3-1-2-4-14(12)11-20/h1-8,16H,9-11H2,(H2,19,21). The number of carbonyl (C=O) groups is 1. The van der Waals surface area contributed by atoms with Gasteiger partial charge in [0.25, 0.3) is 0 Å². The minimum Gasteiger partial charge on any atom is -0.368 e. The number of hydrogen-bond donors (Lipinski definition) is 1. The van der Waals surface area contributed by atoms with Gasteiger partial charge in [-0.15, -0.1) is 0 Å². The van der Waals surface area contributed by atoms with Crippen molar-refractivity contribution in [3.8, 4) is 0 Å². The van der Waals surface area contributed by atoms with Crippen molar-refractivity contribution in [1.82, 2.24) is 4.90 Å². The van der Waals surface area contributed by atoms with Crippen molar-refractivity contribution in [3.63, 3.8) is 0 Å². The molecule has 1 atom stereocenters. The number of rotatable bonds is 3. The highest BCUT2D eigenvalue weighted by Gasteiger charge is 2.28. The van der Waals surface area contributed by atoms with Crippen LogP contribution >= 0.6 is 0 Å². The highest BCUT2D eigenvalue weighted by molar-refractivity contribution is 5.81. The Hall–Kier alpha value is -2.20. The average Bonchev–Trinajstić information content (AvgIpc) is 2.49. The monoisotopic (exact) mass is 284 g/mol. The van der Waals surface area contributed by atoms with Gasteiger partial charge in [-0.2, -0.15) is 0 Å². The number of nitrogens with two attached hydrogens (primary N) is 1. The minimum absolute atomic E-state index is 0.314. The summed E-state index contributed by atoms with van der Waals surface area (Å²) in [6, 6.07) is 13.7. The quantitative estimate of drug-likeness (QED) is 0.941. The van der Waals surface area contributed by atoms with E-state index in [2.05, 4.69) is 17.0 Å². The van der Waals surface area contributed by atoms with Crippen LogP contribution in [0.25, 0.3) is 0 Å². The lowest BCUT2D eigenvalue weighted by Crippen LogP contribution is -2.40. The molecule has 1 aliphatic heterocycles. The van der Waals surface area contributed by atoms with Crippen molar-refractivity contribution < 1.29 is 9.18 Å². The molecule has 1 heterocycles. The summed E-state index contributed by atoms with van der Waals surface area (Å²) in [5.74, 6) is -0.716. The number of halogens is 1. The Balaban J connectivity index is 1.89. The molecule has 0 saturated carbocycles. The fourth-order valence-corrected chi connectivity index (χ4v) is 2.94. The smallest absolute Gasteiger partial charge is 0.239 e. The van der Waals surface area contributed by atoms with Crippen molar-refractivity contribution in [2.24, 2.45) is 5.73 Å². The van der Waals surface area contributed by atoms with Crippen molar-refractivity contribution in [3.05, 3.63) is 71.0 Å². The predicted molar refractivity (Wildman–Crippen MR) is 78.9 cm³/mol. The molecule has 1 unspecified atom stereocenters. The maximum atomic E-state index is 13.1. The van der Waals surface area contributed by atoms with Gasteiger partial charge in [0.15, 0.2) is 0 Å². The molecule has 1 amide bonds. The molecule has 1 aliphatic rings. The van der Waals surface area contributed by atoms with Crippen LogP contribution < -0.4 is 5.73 Å². The number of amides is 1. The molecule has 0 fully saturated rings. The fraction of sp³-hybridized carbons (Fsp3) is 0.235. The zero-order chi connectivity index (χ0) is 14.8. The number of fused-ring (bicyclic) bond motifs is 1. The number of benzene rings is 2. The lowest BCUT2D eigenvalue weighted by atomic mass is 9.96. The first kappa shape index (κ1) is 13.8. The molecule has 0 aliphatic carbocycles. The first-order valence-corrected chi connectivity index (χ1v) is 7.01. The van der Waals surface area contributed by atoms with Gasteiger partial charge in [0, 0.05) is 13.1 Å². The molecule has 2 aromatic rings. The Kier molecular flexibility index (Phi) is 3.71. The van der Waals surface area contributed by atoms with Gasteiger partial charge in [-0.25, -0.2) is 4.39 Å². The van der Waals surface area contributed by atoms with Crippen LogP contribution in [0.3, 0.4) is 0 Å². The summed E-state index contributed by atoms with van der Waals surface area (Å²) in [6.07, 6.45) is 0.890. The lowest BCUT2D eigenvalue weighted by Gasteiger charge is -2.34. The summed E-state index contributed by atoms with van der Waals surface area (Å²) in [5.41, 5.74) is 8.86. The predicted octanol–water partition coefficient (Wildman–Crippen LogP) is 2.41. The van der Waals surface area contributed by atoms with E-state index < -0.39 is 11.9 Å². The highest BCUT2D eigenvalue weighted by atomic mass is 19.1. The molecule has 21 heavy (non-hydrogen) atoms. The second-order valence-corrected chi connectivity index (χ2v) is 5.35. The van der Waals surface area contributed by atoms with Crippen molar-refractivity contribution in [2.45, 2.75) is 19.0 Å². The first-order valence-electron chi connectivity index (χ1n) is 7.01. The summed E-state index contributed by atoms with van der Waals surface area (Å²) in [5, 5.41) is 0. The van der Waals surface area contributed by atoms with E-state index in [9.17, 15) is 9.18 Å². The van der Waals surface area contributed by atoms with E-state index in [1.807, 2.05) is 12.1 Å². The van der Waals surface area contributed by atoms with Crippen LogP contribution in [0.5, 0.6) is 0 Å². The Morgan fingerprint density at radius 2 is 1.76 bits per heavy atom. The van der Waals surface area contributed by atoms with E-state index in [0.717, 1.165) is 18.5 Å². The van der Waals surface area contributed by atoms with Gasteiger partial charge in [-0.3, -0.25) is 9.69 Å². The normalized spacial score (nSPS) is 16.2. The molecule has 3 nitrogen and oxygen atoms in total. The zero-order valence-electron chi connectivity index (χ0n) is 11.6. The maximum absolute atomic E-state index is 13.1. The molecule has 3 rings (SSSR count). The van der Waals surface area contributed by atoms with E-state index in [-0.39, 0.29) is 5.82 Å². The number of carbonyl (C=O) groups excluding carboxylic acids is 1. The topological polar surface area (TPSA) is 46.3 Å². The van der Waals surface area contributed by atoms with Crippen LogP contribution in [-0.4, -0.2) is 17.4 Å². The highest BCUT2D eigenvalue weighted by Crippen LogP contribution is 2.27. The molecular weight excluding hydrogens is 267 g/mol. The third-order valence-electron chi connectivity index (χ3n) is 3.98. The average molecular weight is 284 g/mol. The molecule has 0 spiro atoms. The summed E-state index contributed by atoms with van der Waals surface area (Å²) < 4.78 is 13.1. The molecule has 2 N–H and O–H groups in total. The Labute approximate surface area is 123 Å². The second-order valence-electron chi connectivity index (χ2n) is 5.35. The molecule has 108 valence electrons. The molecule has 4 heteroatoms. The number of nitrogens with zero attached hydrogens (tertiary/aromatic N) is 1. The van der Waals surface area contributed by atoms with Crippen LogP contribution in [-0.2, 0) is 17.8 Å². The first-order chi connectivity index (χ1) is 10.1. The SMILES string of the molecule is NC(=O)C(c1ccc(F)cc1)N1CCc2ccccc2C1. The fourth-order valence-electron chi connectivity index (χ4n) is 2.94. The Bertz CT molecular complexity index is 654. The van der Waals surface area contributed by atoms with E-state index in [1.165, 1.54) is 23.3 Å². The van der Waals surface area contributed by atoms with Crippen molar-refractivity contribution in [1.29, 1.82) is 0 Å². The van der Waals surface area contributed by atoms with Gasteiger partial charge in [-0.1, -0.05) is 36.4 Å². The van der Waals surface area contributed by atoms with Gasteiger partial charge in [0.2, 0.25) is 5.91 Å². The number of primary amides is 1. The van der Waals surface area contributed by atoms with Gasteiger partial charge >= 0.3 is 0 Å². The molecule has 0 saturated heterocycles. The van der Waals surface area contributed by atoms with Gasteiger partial charge in [0.1, 0.15) is 11.9 Å². The summed E-state index contributed by atoms with van der Waals surface area (Å²) in [4.78, 5) is 13.9. The molecular formula is C17H17FN2O. The van der Waals surface area contributed by atoms with Crippen LogP contribution in [0.2, 0.25) is 0 Å². The van der Waals surface area contributed by atoms with E-state index in [1.54, 1.807) is 12.1 Å². The Morgan fingerprint density at radius 1 is 1.10 bits per heavy atom. The third kappa shape index (κ3) is 2.81. The van der Waals surface area contributed by atoms with Gasteiger partial charge in [-0.05, 0) is 35.2 Å².